The number of para-hydroxylation sites is 1. The van der Waals surface area contributed by atoms with Gasteiger partial charge in [0.1, 0.15) is 5.75 Å². The quantitative estimate of drug-likeness (QED) is 0.811. The summed E-state index contributed by atoms with van der Waals surface area (Å²) in [4.78, 5) is 0. The molecule has 1 N–H and O–H groups in total. The molecule has 0 radical (unpaired) electrons. The van der Waals surface area contributed by atoms with E-state index in [2.05, 4.69) is 30.4 Å². The molecule has 2 rings (SSSR count). The summed E-state index contributed by atoms with van der Waals surface area (Å²) in [6.07, 6.45) is 4.88. The second kappa shape index (κ2) is 5.87. The summed E-state index contributed by atoms with van der Waals surface area (Å²) in [7, 11) is 0. The van der Waals surface area contributed by atoms with Crippen molar-refractivity contribution in [3.8, 4) is 5.75 Å². The summed E-state index contributed by atoms with van der Waals surface area (Å²) < 4.78 is 5.61. The lowest BCUT2D eigenvalue weighted by atomic mass is 10.1. The average molecular weight is 231 g/mol. The molecule has 0 bridgehead atoms. The zero-order valence-electron chi connectivity index (χ0n) is 10.7. The van der Waals surface area contributed by atoms with Gasteiger partial charge < -0.3 is 10.1 Å². The Hall–Kier alpha value is -1.28. The highest BCUT2D eigenvalue weighted by molar-refractivity contribution is 5.59. The average Bonchev–Trinajstić information content (AvgIpc) is 3.13. The fraction of sp³-hybridized carbons (Fsp3) is 0.467. The van der Waals surface area contributed by atoms with Crippen LogP contribution >= 0.6 is 0 Å². The molecule has 0 aromatic heterocycles. The van der Waals surface area contributed by atoms with E-state index in [1.807, 2.05) is 19.1 Å². The summed E-state index contributed by atoms with van der Waals surface area (Å²) in [5.74, 6) is 0.973. The maximum Gasteiger partial charge on any atom is 0.126 e. The minimum absolute atomic E-state index is 0.713. The predicted octanol–water partition coefficient (Wildman–Crippen LogP) is 3.24. The second-order valence-corrected chi connectivity index (χ2v) is 4.62. The van der Waals surface area contributed by atoms with Crippen molar-refractivity contribution in [2.75, 3.05) is 13.2 Å². The van der Waals surface area contributed by atoms with E-state index >= 15 is 0 Å². The second-order valence-electron chi connectivity index (χ2n) is 4.62. The molecule has 0 saturated heterocycles. The van der Waals surface area contributed by atoms with E-state index < -0.39 is 0 Å². The topological polar surface area (TPSA) is 21.3 Å². The van der Waals surface area contributed by atoms with Crippen LogP contribution in [0, 0.1) is 0 Å². The molecule has 1 aromatic rings. The van der Waals surface area contributed by atoms with E-state index in [-0.39, 0.29) is 0 Å². The molecule has 0 unspecified atom stereocenters. The van der Waals surface area contributed by atoms with Crippen LogP contribution in [0.2, 0.25) is 0 Å². The summed E-state index contributed by atoms with van der Waals surface area (Å²) in [6, 6.07) is 8.96. The molecule has 1 aliphatic rings. The smallest absolute Gasteiger partial charge is 0.126 e. The van der Waals surface area contributed by atoms with Gasteiger partial charge in [-0.15, -0.1) is 0 Å². The zero-order valence-corrected chi connectivity index (χ0v) is 10.7. The maximum absolute atomic E-state index is 5.61. The first-order chi connectivity index (χ1) is 8.29. The molecule has 1 fully saturated rings. The Labute approximate surface area is 104 Å². The Morgan fingerprint density at radius 2 is 2.18 bits per heavy atom. The summed E-state index contributed by atoms with van der Waals surface area (Å²) in [6.45, 7) is 5.87. The molecule has 0 aliphatic heterocycles. The van der Waals surface area contributed by atoms with Gasteiger partial charge in [0.05, 0.1) is 6.61 Å². The molecule has 0 heterocycles. The lowest BCUT2D eigenvalue weighted by Crippen LogP contribution is -2.18. The third-order valence-electron chi connectivity index (χ3n) is 2.87. The summed E-state index contributed by atoms with van der Waals surface area (Å²) in [5, 5.41) is 3.52. The fourth-order valence-corrected chi connectivity index (χ4v) is 1.80. The standard InChI is InChI=1S/C15H21NO/c1-3-17-15-7-5-4-6-13(15)10-12(2)11-16-14-8-9-14/h4-7,10,14,16H,3,8-9,11H2,1-2H3. The van der Waals surface area contributed by atoms with Crippen LogP contribution in [-0.2, 0) is 0 Å². The number of rotatable bonds is 6. The van der Waals surface area contributed by atoms with Crippen LogP contribution in [0.3, 0.4) is 0 Å². The van der Waals surface area contributed by atoms with E-state index in [9.17, 15) is 0 Å². The highest BCUT2D eigenvalue weighted by atomic mass is 16.5. The van der Waals surface area contributed by atoms with Gasteiger partial charge in [-0.25, -0.2) is 0 Å². The minimum Gasteiger partial charge on any atom is -0.493 e. The number of ether oxygens (including phenoxy) is 1. The van der Waals surface area contributed by atoms with Crippen LogP contribution < -0.4 is 10.1 Å². The predicted molar refractivity (Wildman–Crippen MR) is 72.3 cm³/mol. The van der Waals surface area contributed by atoms with Crippen LogP contribution in [-0.4, -0.2) is 19.2 Å². The van der Waals surface area contributed by atoms with Gasteiger partial charge in [-0.3, -0.25) is 0 Å². The first-order valence-corrected chi connectivity index (χ1v) is 6.42. The first-order valence-electron chi connectivity index (χ1n) is 6.42. The highest BCUT2D eigenvalue weighted by Crippen LogP contribution is 2.22. The molecule has 1 aromatic carbocycles. The molecule has 1 aliphatic carbocycles. The Morgan fingerprint density at radius 1 is 1.41 bits per heavy atom. The molecular formula is C15H21NO. The van der Waals surface area contributed by atoms with Gasteiger partial charge in [0, 0.05) is 18.2 Å². The van der Waals surface area contributed by atoms with Crippen molar-refractivity contribution in [1.29, 1.82) is 0 Å². The van der Waals surface area contributed by atoms with E-state index in [0.29, 0.717) is 6.61 Å². The SMILES string of the molecule is CCOc1ccccc1C=C(C)CNC1CC1. The molecule has 0 spiro atoms. The maximum atomic E-state index is 5.61. The Morgan fingerprint density at radius 3 is 2.88 bits per heavy atom. The van der Waals surface area contributed by atoms with Crippen molar-refractivity contribution >= 4 is 6.08 Å². The monoisotopic (exact) mass is 231 g/mol. The van der Waals surface area contributed by atoms with E-state index in [0.717, 1.165) is 18.3 Å². The van der Waals surface area contributed by atoms with Gasteiger partial charge in [-0.05, 0) is 32.8 Å². The largest absolute Gasteiger partial charge is 0.493 e. The van der Waals surface area contributed by atoms with Crippen LogP contribution in [0.1, 0.15) is 32.3 Å². The van der Waals surface area contributed by atoms with Crippen molar-refractivity contribution in [3.63, 3.8) is 0 Å². The van der Waals surface area contributed by atoms with Crippen molar-refractivity contribution in [2.45, 2.75) is 32.7 Å². The highest BCUT2D eigenvalue weighted by Gasteiger charge is 2.19. The molecule has 2 nitrogen and oxygen atoms in total. The number of benzene rings is 1. The number of hydrogen-bond acceptors (Lipinski definition) is 2. The van der Waals surface area contributed by atoms with Gasteiger partial charge in [0.15, 0.2) is 0 Å². The molecule has 1 saturated carbocycles. The van der Waals surface area contributed by atoms with Crippen molar-refractivity contribution < 1.29 is 4.74 Å². The van der Waals surface area contributed by atoms with Gasteiger partial charge in [0.2, 0.25) is 0 Å². The van der Waals surface area contributed by atoms with Gasteiger partial charge >= 0.3 is 0 Å². The third kappa shape index (κ3) is 3.90. The Kier molecular flexibility index (Phi) is 4.21. The normalized spacial score (nSPS) is 16.0. The van der Waals surface area contributed by atoms with Gasteiger partial charge in [0.25, 0.3) is 0 Å². The first kappa shape index (κ1) is 12.2. The van der Waals surface area contributed by atoms with Crippen molar-refractivity contribution in [1.82, 2.24) is 5.32 Å². The zero-order chi connectivity index (χ0) is 12.1. The summed E-state index contributed by atoms with van der Waals surface area (Å²) >= 11 is 0. The lowest BCUT2D eigenvalue weighted by molar-refractivity contribution is 0.339. The minimum atomic E-state index is 0.713. The number of hydrogen-bond donors (Lipinski definition) is 1. The molecule has 0 amide bonds. The molecule has 92 valence electrons. The van der Waals surface area contributed by atoms with Gasteiger partial charge in [-0.1, -0.05) is 29.8 Å². The van der Waals surface area contributed by atoms with Gasteiger partial charge in [-0.2, -0.15) is 0 Å². The van der Waals surface area contributed by atoms with Crippen LogP contribution in [0.5, 0.6) is 5.75 Å². The fourth-order valence-electron chi connectivity index (χ4n) is 1.80. The molecular weight excluding hydrogens is 210 g/mol. The van der Waals surface area contributed by atoms with Crippen molar-refractivity contribution in [3.05, 3.63) is 35.4 Å². The van der Waals surface area contributed by atoms with E-state index in [4.69, 9.17) is 4.74 Å². The Balaban J connectivity index is 2.01. The number of nitrogens with one attached hydrogen (secondary N) is 1. The summed E-state index contributed by atoms with van der Waals surface area (Å²) in [5.41, 5.74) is 2.52. The third-order valence-corrected chi connectivity index (χ3v) is 2.87. The van der Waals surface area contributed by atoms with E-state index in [1.54, 1.807) is 0 Å². The van der Waals surface area contributed by atoms with Crippen LogP contribution in [0.4, 0.5) is 0 Å². The van der Waals surface area contributed by atoms with Crippen LogP contribution in [0.15, 0.2) is 29.8 Å². The molecule has 2 heteroatoms. The molecule has 0 atom stereocenters. The van der Waals surface area contributed by atoms with E-state index in [1.165, 1.54) is 24.0 Å². The Bertz CT molecular complexity index is 394. The van der Waals surface area contributed by atoms with Crippen molar-refractivity contribution in [2.24, 2.45) is 0 Å². The lowest BCUT2D eigenvalue weighted by Gasteiger charge is -2.08. The van der Waals surface area contributed by atoms with Crippen LogP contribution in [0.25, 0.3) is 6.08 Å². The molecule has 17 heavy (non-hydrogen) atoms.